The summed E-state index contributed by atoms with van der Waals surface area (Å²) in [5, 5.41) is 13.6. The highest BCUT2D eigenvalue weighted by molar-refractivity contribution is 5.98. The van der Waals surface area contributed by atoms with Gasteiger partial charge in [0.25, 0.3) is 0 Å². The number of benzene rings is 3. The number of fused-ring (bicyclic) bond motifs is 1. The van der Waals surface area contributed by atoms with E-state index in [1.54, 1.807) is 36.4 Å². The van der Waals surface area contributed by atoms with E-state index < -0.39 is 17.6 Å². The number of nitriles is 1. The van der Waals surface area contributed by atoms with Crippen LogP contribution in [0.3, 0.4) is 0 Å². The Labute approximate surface area is 208 Å². The zero-order valence-corrected chi connectivity index (χ0v) is 20.5. The van der Waals surface area contributed by atoms with Crippen LogP contribution in [-0.4, -0.2) is 11.0 Å². The van der Waals surface area contributed by atoms with E-state index in [4.69, 9.17) is 0 Å². The Balaban J connectivity index is 0.00000115. The summed E-state index contributed by atoms with van der Waals surface area (Å²) >= 11 is 0. The van der Waals surface area contributed by atoms with Crippen LogP contribution < -0.4 is 5.32 Å². The average Bonchev–Trinajstić information content (AvgIpc) is 2.84. The molecule has 0 amide bonds. The lowest BCUT2D eigenvalue weighted by atomic mass is 9.97. The zero-order valence-electron chi connectivity index (χ0n) is 20.5. The maximum Gasteiger partial charge on any atom is 0.416 e. The predicted molar refractivity (Wildman–Crippen MR) is 137 cm³/mol. The molecule has 4 rings (SSSR count). The molecule has 7 heteroatoms. The fourth-order valence-corrected chi connectivity index (χ4v) is 3.69. The first kappa shape index (κ1) is 26.7. The minimum atomic E-state index is -4.42. The zero-order chi connectivity index (χ0) is 26.5. The van der Waals surface area contributed by atoms with Crippen molar-refractivity contribution in [1.29, 1.82) is 5.26 Å². The molecule has 1 N–H and O–H groups in total. The van der Waals surface area contributed by atoms with Crippen molar-refractivity contribution in [2.24, 2.45) is 0 Å². The van der Waals surface area contributed by atoms with E-state index in [1.807, 2.05) is 13.8 Å². The summed E-state index contributed by atoms with van der Waals surface area (Å²) in [6.07, 6.45) is -3.17. The van der Waals surface area contributed by atoms with Gasteiger partial charge in [-0.25, -0.2) is 9.37 Å². The van der Waals surface area contributed by atoms with E-state index in [0.29, 0.717) is 39.0 Å². The molecule has 0 atom stereocenters. The van der Waals surface area contributed by atoms with Crippen molar-refractivity contribution >= 4 is 16.6 Å². The highest BCUT2D eigenvalue weighted by Gasteiger charge is 2.30. The van der Waals surface area contributed by atoms with Crippen molar-refractivity contribution in [2.75, 3.05) is 5.32 Å². The largest absolute Gasteiger partial charge is 0.416 e. The van der Waals surface area contributed by atoms with Gasteiger partial charge in [0.05, 0.1) is 22.5 Å². The summed E-state index contributed by atoms with van der Waals surface area (Å²) in [7, 11) is 0. The first-order chi connectivity index (χ1) is 17.1. The number of aromatic nitrogens is 1. The van der Waals surface area contributed by atoms with E-state index >= 15 is 0 Å². The molecule has 0 fully saturated rings. The Morgan fingerprint density at radius 3 is 2.14 bits per heavy atom. The van der Waals surface area contributed by atoms with Gasteiger partial charge in [0.1, 0.15) is 17.4 Å². The molecule has 4 aromatic rings. The second-order valence-electron chi connectivity index (χ2n) is 8.65. The Morgan fingerprint density at radius 2 is 1.56 bits per heavy atom. The van der Waals surface area contributed by atoms with Crippen LogP contribution in [0, 0.1) is 17.1 Å². The molecule has 0 saturated carbocycles. The third-order valence-corrected chi connectivity index (χ3v) is 5.17. The average molecular weight is 494 g/mol. The number of rotatable bonds is 4. The van der Waals surface area contributed by atoms with Crippen LogP contribution in [0.2, 0.25) is 0 Å². The molecule has 0 saturated heterocycles. The van der Waals surface area contributed by atoms with Gasteiger partial charge in [-0.2, -0.15) is 18.4 Å². The Kier molecular flexibility index (Phi) is 8.31. The summed E-state index contributed by atoms with van der Waals surface area (Å²) in [4.78, 5) is 4.60. The number of halogens is 4. The fraction of sp³-hybridized carbons (Fsp3) is 0.241. The van der Waals surface area contributed by atoms with Crippen LogP contribution in [0.4, 0.5) is 23.2 Å². The number of anilines is 1. The molecule has 186 valence electrons. The summed E-state index contributed by atoms with van der Waals surface area (Å²) in [6.45, 7) is 8.08. The predicted octanol–water partition coefficient (Wildman–Crippen LogP) is 8.83. The van der Waals surface area contributed by atoms with Crippen molar-refractivity contribution in [3.05, 3.63) is 83.7 Å². The van der Waals surface area contributed by atoms with Gasteiger partial charge in [-0.1, -0.05) is 56.7 Å². The van der Waals surface area contributed by atoms with Crippen molar-refractivity contribution in [2.45, 2.75) is 46.3 Å². The first-order valence-electron chi connectivity index (χ1n) is 11.7. The third kappa shape index (κ3) is 6.01. The molecule has 0 unspecified atom stereocenters. The van der Waals surface area contributed by atoms with Crippen molar-refractivity contribution in [3.8, 4) is 28.5 Å². The maximum atomic E-state index is 13.9. The van der Waals surface area contributed by atoms with Gasteiger partial charge >= 0.3 is 6.18 Å². The number of nitrogens with one attached hydrogen (secondary N) is 1. The highest BCUT2D eigenvalue weighted by Crippen LogP contribution is 2.36. The number of hydrogen-bond acceptors (Lipinski definition) is 3. The molecule has 0 aliphatic heterocycles. The fourth-order valence-electron chi connectivity index (χ4n) is 3.69. The number of alkyl halides is 3. The lowest BCUT2D eigenvalue weighted by molar-refractivity contribution is -0.137. The SMILES string of the molecule is CC(C)Nc1c(C#N)c(-c2ccc(-c3cccc(C(F)(F)F)c3)cc2)nc2ccc(F)cc12.CCC. The topological polar surface area (TPSA) is 48.7 Å². The summed E-state index contributed by atoms with van der Waals surface area (Å²) < 4.78 is 53.1. The number of nitrogens with zero attached hydrogens (tertiary/aromatic N) is 2. The van der Waals surface area contributed by atoms with Gasteiger partial charge in [0.2, 0.25) is 0 Å². The van der Waals surface area contributed by atoms with E-state index in [2.05, 4.69) is 30.2 Å². The van der Waals surface area contributed by atoms with Crippen LogP contribution in [0.15, 0.2) is 66.7 Å². The van der Waals surface area contributed by atoms with E-state index in [9.17, 15) is 22.8 Å². The highest BCUT2D eigenvalue weighted by atomic mass is 19.4. The number of hydrogen-bond donors (Lipinski definition) is 1. The molecule has 0 bridgehead atoms. The molecular formula is C29H27F4N3. The van der Waals surface area contributed by atoms with E-state index in [0.717, 1.165) is 12.1 Å². The lowest BCUT2D eigenvalue weighted by Gasteiger charge is -2.17. The van der Waals surface area contributed by atoms with Gasteiger partial charge in [0.15, 0.2) is 0 Å². The summed E-state index contributed by atoms with van der Waals surface area (Å²) in [5.41, 5.74) is 2.64. The number of pyridine rings is 1. The standard InChI is InChI=1S/C26H19F4N3.C3H8/c1-15(2)32-25-21-13-20(27)10-11-23(21)33-24(22(25)14-31)17-8-6-16(7-9-17)18-4-3-5-19(12-18)26(28,29)30;1-3-2/h3-13,15H,1-2H3,(H,32,33);3H2,1-2H3. The Bertz CT molecular complexity index is 1390. The third-order valence-electron chi connectivity index (χ3n) is 5.17. The van der Waals surface area contributed by atoms with Crippen LogP contribution >= 0.6 is 0 Å². The normalized spacial score (nSPS) is 11.1. The van der Waals surface area contributed by atoms with Crippen molar-refractivity contribution in [3.63, 3.8) is 0 Å². The molecule has 0 radical (unpaired) electrons. The Hall–Kier alpha value is -3.92. The Morgan fingerprint density at radius 1 is 0.917 bits per heavy atom. The van der Waals surface area contributed by atoms with Gasteiger partial charge in [-0.05, 0) is 55.3 Å². The minimum absolute atomic E-state index is 0.0119. The molecule has 0 spiro atoms. The van der Waals surface area contributed by atoms with Crippen molar-refractivity contribution in [1.82, 2.24) is 4.98 Å². The van der Waals surface area contributed by atoms with E-state index in [-0.39, 0.29) is 11.6 Å². The van der Waals surface area contributed by atoms with E-state index in [1.165, 1.54) is 24.6 Å². The van der Waals surface area contributed by atoms with Crippen LogP contribution in [-0.2, 0) is 6.18 Å². The molecule has 1 heterocycles. The second-order valence-corrected chi connectivity index (χ2v) is 8.65. The molecule has 3 nitrogen and oxygen atoms in total. The van der Waals surface area contributed by atoms with Gasteiger partial charge < -0.3 is 5.32 Å². The molecule has 0 aliphatic carbocycles. The molecule has 0 aliphatic rings. The monoisotopic (exact) mass is 493 g/mol. The van der Waals surface area contributed by atoms with Gasteiger partial charge in [-0.3, -0.25) is 0 Å². The van der Waals surface area contributed by atoms with Crippen LogP contribution in [0.5, 0.6) is 0 Å². The molecule has 1 aromatic heterocycles. The molecule has 3 aromatic carbocycles. The maximum absolute atomic E-state index is 13.9. The quantitative estimate of drug-likeness (QED) is 0.289. The van der Waals surface area contributed by atoms with Crippen LogP contribution in [0.1, 0.15) is 45.2 Å². The van der Waals surface area contributed by atoms with Crippen molar-refractivity contribution < 1.29 is 17.6 Å². The summed E-state index contributed by atoms with van der Waals surface area (Å²) in [5.74, 6) is -0.432. The summed E-state index contributed by atoms with van der Waals surface area (Å²) in [6, 6.07) is 18.3. The lowest BCUT2D eigenvalue weighted by Crippen LogP contribution is -2.12. The minimum Gasteiger partial charge on any atom is -0.381 e. The smallest absolute Gasteiger partial charge is 0.381 e. The van der Waals surface area contributed by atoms with Gasteiger partial charge in [0, 0.05) is 17.0 Å². The first-order valence-corrected chi connectivity index (χ1v) is 11.7. The van der Waals surface area contributed by atoms with Crippen LogP contribution in [0.25, 0.3) is 33.3 Å². The molecule has 36 heavy (non-hydrogen) atoms. The molecular weight excluding hydrogens is 466 g/mol. The second kappa shape index (κ2) is 11.2. The van der Waals surface area contributed by atoms with Gasteiger partial charge in [-0.15, -0.1) is 0 Å².